The molecule has 6 nitrogen and oxygen atoms in total. The number of hydrogen-bond donors (Lipinski definition) is 1. The van der Waals surface area contributed by atoms with Gasteiger partial charge >= 0.3 is 5.97 Å². The number of ether oxygens (including phenoxy) is 1. The van der Waals surface area contributed by atoms with Crippen LogP contribution in [0.4, 0.5) is 0 Å². The number of nitrogens with zero attached hydrogens (tertiary/aromatic N) is 3. The number of hydrogen-bond acceptors (Lipinski definition) is 4. The number of aromatic nitrogens is 3. The van der Waals surface area contributed by atoms with Crippen molar-refractivity contribution in [2.24, 2.45) is 0 Å². The van der Waals surface area contributed by atoms with E-state index in [4.69, 9.17) is 9.84 Å². The van der Waals surface area contributed by atoms with Crippen molar-refractivity contribution in [3.8, 4) is 0 Å². The van der Waals surface area contributed by atoms with E-state index in [1.165, 1.54) is 0 Å². The van der Waals surface area contributed by atoms with Gasteiger partial charge in [-0.2, -0.15) is 0 Å². The van der Waals surface area contributed by atoms with Crippen LogP contribution in [0.2, 0.25) is 0 Å². The zero-order valence-electron chi connectivity index (χ0n) is 11.9. The lowest BCUT2D eigenvalue weighted by atomic mass is 10.1. The molecule has 0 saturated carbocycles. The molecule has 0 aliphatic rings. The van der Waals surface area contributed by atoms with E-state index < -0.39 is 5.97 Å². The highest BCUT2D eigenvalue weighted by Crippen LogP contribution is 2.07. The molecule has 0 radical (unpaired) electrons. The number of carboxylic acids is 1. The highest BCUT2D eigenvalue weighted by Gasteiger charge is 2.09. The van der Waals surface area contributed by atoms with Crippen LogP contribution in [0.15, 0.2) is 6.20 Å². The van der Waals surface area contributed by atoms with Gasteiger partial charge in [0.25, 0.3) is 0 Å². The monoisotopic (exact) mass is 269 g/mol. The van der Waals surface area contributed by atoms with E-state index in [0.717, 1.165) is 18.5 Å². The maximum absolute atomic E-state index is 10.4. The molecular weight excluding hydrogens is 246 g/mol. The average Bonchev–Trinajstić information content (AvgIpc) is 2.70. The summed E-state index contributed by atoms with van der Waals surface area (Å²) in [5, 5.41) is 16.6. The molecule has 1 rings (SSSR count). The summed E-state index contributed by atoms with van der Waals surface area (Å²) in [5.74, 6) is -0.747. The first kappa shape index (κ1) is 15.6. The van der Waals surface area contributed by atoms with Crippen LogP contribution < -0.4 is 0 Å². The molecule has 1 aromatic rings. The molecule has 0 aromatic carbocycles. The second kappa shape index (κ2) is 7.23. The Morgan fingerprint density at radius 2 is 2.16 bits per heavy atom. The Labute approximate surface area is 113 Å². The minimum absolute atomic E-state index is 0.139. The topological polar surface area (TPSA) is 77.2 Å². The molecule has 19 heavy (non-hydrogen) atoms. The van der Waals surface area contributed by atoms with Crippen molar-refractivity contribution < 1.29 is 14.6 Å². The fourth-order valence-corrected chi connectivity index (χ4v) is 1.59. The van der Waals surface area contributed by atoms with E-state index in [0.29, 0.717) is 19.6 Å². The normalized spacial score (nSPS) is 11.7. The summed E-state index contributed by atoms with van der Waals surface area (Å²) in [7, 11) is 0. The number of carbonyl (C=O) groups is 1. The van der Waals surface area contributed by atoms with E-state index >= 15 is 0 Å². The summed E-state index contributed by atoms with van der Waals surface area (Å²) in [6, 6.07) is 0. The summed E-state index contributed by atoms with van der Waals surface area (Å²) in [6.45, 7) is 7.33. The summed E-state index contributed by atoms with van der Waals surface area (Å²) in [6.07, 6.45) is 4.38. The minimum Gasteiger partial charge on any atom is -0.481 e. The molecule has 1 N–H and O–H groups in total. The molecule has 0 atom stereocenters. The van der Waals surface area contributed by atoms with Crippen LogP contribution in [0, 0.1) is 0 Å². The summed E-state index contributed by atoms with van der Waals surface area (Å²) >= 11 is 0. The fourth-order valence-electron chi connectivity index (χ4n) is 1.59. The molecule has 0 unspecified atom stereocenters. The number of carboxylic acid groups (broad SMARTS) is 1. The number of aliphatic carboxylic acids is 1. The van der Waals surface area contributed by atoms with Crippen LogP contribution >= 0.6 is 0 Å². The van der Waals surface area contributed by atoms with Crippen LogP contribution in [0.3, 0.4) is 0 Å². The Balaban J connectivity index is 2.22. The van der Waals surface area contributed by atoms with Gasteiger partial charge in [0.15, 0.2) is 0 Å². The predicted molar refractivity (Wildman–Crippen MR) is 70.9 cm³/mol. The lowest BCUT2D eigenvalue weighted by Gasteiger charge is -2.19. The summed E-state index contributed by atoms with van der Waals surface area (Å²) in [5.41, 5.74) is 0.765. The van der Waals surface area contributed by atoms with Gasteiger partial charge in [-0.25, -0.2) is 4.68 Å². The third-order valence-corrected chi connectivity index (χ3v) is 2.52. The molecular formula is C13H23N3O3. The second-order valence-electron chi connectivity index (χ2n) is 5.53. The highest BCUT2D eigenvalue weighted by molar-refractivity contribution is 5.66. The third-order valence-electron chi connectivity index (χ3n) is 2.52. The van der Waals surface area contributed by atoms with Gasteiger partial charge in [0.05, 0.1) is 24.4 Å². The maximum Gasteiger partial charge on any atom is 0.303 e. The predicted octanol–water partition coefficient (Wildman–Crippen LogP) is 1.89. The van der Waals surface area contributed by atoms with E-state index in [9.17, 15) is 4.79 Å². The van der Waals surface area contributed by atoms with Gasteiger partial charge in [0.2, 0.25) is 0 Å². The summed E-state index contributed by atoms with van der Waals surface area (Å²) < 4.78 is 7.38. The second-order valence-corrected chi connectivity index (χ2v) is 5.53. The lowest BCUT2D eigenvalue weighted by molar-refractivity contribution is -0.137. The lowest BCUT2D eigenvalue weighted by Crippen LogP contribution is -2.22. The highest BCUT2D eigenvalue weighted by atomic mass is 16.5. The Kier molecular flexibility index (Phi) is 5.95. The summed E-state index contributed by atoms with van der Waals surface area (Å²) in [4.78, 5) is 10.4. The SMILES string of the molecule is CC(C)(C)OCCn1cc(CCCCC(=O)O)nn1. The van der Waals surface area contributed by atoms with Gasteiger partial charge in [0, 0.05) is 12.6 Å². The average molecular weight is 269 g/mol. The molecule has 0 aliphatic carbocycles. The Hall–Kier alpha value is -1.43. The third kappa shape index (κ3) is 7.56. The van der Waals surface area contributed by atoms with E-state index in [1.807, 2.05) is 27.0 Å². The van der Waals surface area contributed by atoms with Gasteiger partial charge in [0.1, 0.15) is 0 Å². The van der Waals surface area contributed by atoms with Gasteiger partial charge in [-0.15, -0.1) is 5.10 Å². The molecule has 0 amide bonds. The van der Waals surface area contributed by atoms with Crippen LogP contribution in [0.5, 0.6) is 0 Å². The van der Waals surface area contributed by atoms with Crippen molar-refractivity contribution in [3.05, 3.63) is 11.9 Å². The molecule has 0 bridgehead atoms. The Bertz CT molecular complexity index is 396. The van der Waals surface area contributed by atoms with Crippen LogP contribution in [-0.2, 0) is 22.5 Å². The van der Waals surface area contributed by atoms with Crippen molar-refractivity contribution >= 4 is 5.97 Å². The molecule has 0 aliphatic heterocycles. The Morgan fingerprint density at radius 3 is 2.79 bits per heavy atom. The van der Waals surface area contributed by atoms with Gasteiger partial charge in [-0.05, 0) is 40.0 Å². The largest absolute Gasteiger partial charge is 0.481 e. The molecule has 0 spiro atoms. The van der Waals surface area contributed by atoms with E-state index in [2.05, 4.69) is 10.3 Å². The van der Waals surface area contributed by atoms with Gasteiger partial charge in [-0.3, -0.25) is 4.79 Å². The molecule has 0 fully saturated rings. The first-order valence-electron chi connectivity index (χ1n) is 6.61. The zero-order chi connectivity index (χ0) is 14.3. The van der Waals surface area contributed by atoms with Gasteiger partial charge in [-0.1, -0.05) is 5.21 Å². The number of aryl methyl sites for hydroxylation is 1. The van der Waals surface area contributed by atoms with Crippen molar-refractivity contribution in [1.29, 1.82) is 0 Å². The Morgan fingerprint density at radius 1 is 1.42 bits per heavy atom. The zero-order valence-corrected chi connectivity index (χ0v) is 11.9. The first-order chi connectivity index (χ1) is 8.87. The smallest absolute Gasteiger partial charge is 0.303 e. The maximum atomic E-state index is 10.4. The van der Waals surface area contributed by atoms with E-state index in [-0.39, 0.29) is 12.0 Å². The molecule has 0 saturated heterocycles. The molecule has 1 aromatic heterocycles. The van der Waals surface area contributed by atoms with E-state index in [1.54, 1.807) is 4.68 Å². The van der Waals surface area contributed by atoms with Gasteiger partial charge < -0.3 is 9.84 Å². The van der Waals surface area contributed by atoms with Crippen molar-refractivity contribution in [2.75, 3.05) is 6.61 Å². The standard InChI is InChI=1S/C13H23N3O3/c1-13(2,3)19-9-8-16-10-11(14-15-16)6-4-5-7-12(17)18/h10H,4-9H2,1-3H3,(H,17,18). The molecule has 6 heteroatoms. The van der Waals surface area contributed by atoms with Crippen molar-refractivity contribution in [1.82, 2.24) is 15.0 Å². The van der Waals surface area contributed by atoms with Crippen LogP contribution in [0.1, 0.15) is 45.7 Å². The number of unbranched alkanes of at least 4 members (excludes halogenated alkanes) is 1. The quantitative estimate of drug-likeness (QED) is 0.729. The minimum atomic E-state index is -0.747. The molecule has 1 heterocycles. The van der Waals surface area contributed by atoms with Crippen LogP contribution in [-0.4, -0.2) is 38.3 Å². The molecule has 108 valence electrons. The van der Waals surface area contributed by atoms with Crippen LogP contribution in [0.25, 0.3) is 0 Å². The van der Waals surface area contributed by atoms with Crippen molar-refractivity contribution in [2.45, 2.75) is 58.6 Å². The number of rotatable bonds is 8. The fraction of sp³-hybridized carbons (Fsp3) is 0.769. The first-order valence-corrected chi connectivity index (χ1v) is 6.61. The van der Waals surface area contributed by atoms with Crippen molar-refractivity contribution in [3.63, 3.8) is 0 Å².